The molecule has 2 N–H and O–H groups in total. The fourth-order valence-corrected chi connectivity index (χ4v) is 5.13. The Morgan fingerprint density at radius 1 is 1.19 bits per heavy atom. The van der Waals surface area contributed by atoms with E-state index < -0.39 is 19.6 Å². The van der Waals surface area contributed by atoms with Crippen molar-refractivity contribution in [1.29, 1.82) is 10.8 Å². The topological polar surface area (TPSA) is 88.2 Å². The SMILES string of the molecule is CC(C)(C)OC(=O)c1c(Br)ccc2c1c1c(n2COCC[Si](C)(C)C)CC(=N)CCC1=N. The molecule has 0 aliphatic heterocycles. The van der Waals surface area contributed by atoms with E-state index in [1.165, 1.54) is 0 Å². The number of esters is 1. The molecular formula is C24H34BrN3O3Si. The lowest BCUT2D eigenvalue weighted by molar-refractivity contribution is 0.00707. The van der Waals surface area contributed by atoms with Gasteiger partial charge in [-0.05, 0) is 67.7 Å². The third-order valence-corrected chi connectivity index (χ3v) is 7.83. The van der Waals surface area contributed by atoms with E-state index in [9.17, 15) is 4.79 Å². The first kappa shape index (κ1) is 24.9. The zero-order chi connectivity index (χ0) is 23.8. The van der Waals surface area contributed by atoms with Crippen LogP contribution in [0, 0.1) is 10.8 Å². The van der Waals surface area contributed by atoms with Gasteiger partial charge in [0.25, 0.3) is 0 Å². The van der Waals surface area contributed by atoms with Crippen LogP contribution in [0.4, 0.5) is 0 Å². The second-order valence-corrected chi connectivity index (χ2v) is 17.2. The van der Waals surface area contributed by atoms with Gasteiger partial charge in [-0.3, -0.25) is 0 Å². The van der Waals surface area contributed by atoms with Gasteiger partial charge in [0.1, 0.15) is 12.3 Å². The van der Waals surface area contributed by atoms with Crippen molar-refractivity contribution in [1.82, 2.24) is 4.57 Å². The second kappa shape index (κ2) is 9.23. The van der Waals surface area contributed by atoms with Crippen molar-refractivity contribution in [3.05, 3.63) is 33.4 Å². The van der Waals surface area contributed by atoms with Crippen molar-refractivity contribution in [2.75, 3.05) is 6.61 Å². The van der Waals surface area contributed by atoms with Gasteiger partial charge in [0.15, 0.2) is 0 Å². The summed E-state index contributed by atoms with van der Waals surface area (Å²) in [7, 11) is -1.22. The number of nitrogens with zero attached hydrogens (tertiary/aromatic N) is 1. The van der Waals surface area contributed by atoms with Crippen LogP contribution in [-0.4, -0.2) is 42.2 Å². The Morgan fingerprint density at radius 2 is 1.88 bits per heavy atom. The first-order chi connectivity index (χ1) is 14.8. The van der Waals surface area contributed by atoms with Crippen molar-refractivity contribution in [3.8, 4) is 0 Å². The fourth-order valence-electron chi connectivity index (χ4n) is 3.88. The minimum absolute atomic E-state index is 0.340. The quantitative estimate of drug-likeness (QED) is 0.200. The van der Waals surface area contributed by atoms with E-state index in [0.29, 0.717) is 54.1 Å². The Labute approximate surface area is 199 Å². The lowest BCUT2D eigenvalue weighted by Crippen LogP contribution is -2.24. The van der Waals surface area contributed by atoms with E-state index >= 15 is 0 Å². The summed E-state index contributed by atoms with van der Waals surface area (Å²) in [4.78, 5) is 13.2. The highest BCUT2D eigenvalue weighted by atomic mass is 79.9. The number of fused-ring (bicyclic) bond motifs is 3. The Bertz CT molecular complexity index is 1080. The monoisotopic (exact) mass is 519 g/mol. The summed E-state index contributed by atoms with van der Waals surface area (Å²) in [5.41, 5.74) is 3.32. The van der Waals surface area contributed by atoms with Gasteiger partial charge in [-0.2, -0.15) is 0 Å². The van der Waals surface area contributed by atoms with Crippen LogP contribution in [0.15, 0.2) is 16.6 Å². The number of rotatable bonds is 6. The molecule has 0 atom stereocenters. The van der Waals surface area contributed by atoms with E-state index in [2.05, 4.69) is 35.6 Å². The summed E-state index contributed by atoms with van der Waals surface area (Å²) in [5, 5.41) is 17.9. The van der Waals surface area contributed by atoms with Gasteiger partial charge in [-0.1, -0.05) is 19.6 Å². The molecule has 174 valence electrons. The van der Waals surface area contributed by atoms with Crippen LogP contribution < -0.4 is 0 Å². The molecule has 0 spiro atoms. The first-order valence-corrected chi connectivity index (χ1v) is 15.6. The van der Waals surface area contributed by atoms with Gasteiger partial charge in [0.2, 0.25) is 0 Å². The maximum absolute atomic E-state index is 13.2. The average Bonchev–Trinajstić information content (AvgIpc) is 2.85. The summed E-state index contributed by atoms with van der Waals surface area (Å²) >= 11 is 3.55. The maximum Gasteiger partial charge on any atom is 0.340 e. The number of halogens is 1. The number of carbonyl (C=O) groups excluding carboxylic acids is 1. The molecule has 3 rings (SSSR count). The largest absolute Gasteiger partial charge is 0.456 e. The molecule has 1 aromatic carbocycles. The normalized spacial score (nSPS) is 15.1. The number of nitrogens with one attached hydrogen (secondary N) is 2. The number of carbonyl (C=O) groups is 1. The Balaban J connectivity index is 2.17. The summed E-state index contributed by atoms with van der Waals surface area (Å²) in [6, 6.07) is 4.88. The fraction of sp³-hybridized carbons (Fsp3) is 0.542. The van der Waals surface area contributed by atoms with Gasteiger partial charge in [-0.25, -0.2) is 4.79 Å². The molecule has 0 unspecified atom stereocenters. The molecule has 1 aromatic heterocycles. The standard InChI is InChI=1S/C24H34BrN3O3Si/c1-24(2,3)31-23(29)20-16(25)8-10-18-22(20)21-17(27)9-7-15(26)13-19(21)28(18)14-30-11-12-32(4,5)6/h8,10,26-27H,7,9,11-14H2,1-6H3. The summed E-state index contributed by atoms with van der Waals surface area (Å²) in [5.74, 6) is -0.415. The van der Waals surface area contributed by atoms with E-state index in [-0.39, 0.29) is 0 Å². The third kappa shape index (κ3) is 5.58. The number of hydrogen-bond donors (Lipinski definition) is 2. The maximum atomic E-state index is 13.2. The molecule has 8 heteroatoms. The summed E-state index contributed by atoms with van der Waals surface area (Å²) in [6.45, 7) is 13.5. The predicted molar refractivity (Wildman–Crippen MR) is 136 cm³/mol. The van der Waals surface area contributed by atoms with Crippen molar-refractivity contribution < 1.29 is 14.3 Å². The van der Waals surface area contributed by atoms with E-state index in [4.69, 9.17) is 20.3 Å². The lowest BCUT2D eigenvalue weighted by Gasteiger charge is -2.20. The highest BCUT2D eigenvalue weighted by Gasteiger charge is 2.30. The van der Waals surface area contributed by atoms with E-state index in [0.717, 1.165) is 28.2 Å². The molecule has 0 radical (unpaired) electrons. The average molecular weight is 521 g/mol. The molecule has 0 amide bonds. The van der Waals surface area contributed by atoms with Crippen LogP contribution in [0.3, 0.4) is 0 Å². The molecule has 0 saturated carbocycles. The molecule has 0 fully saturated rings. The predicted octanol–water partition coefficient (Wildman–Crippen LogP) is 6.40. The molecule has 0 saturated heterocycles. The molecule has 1 aliphatic rings. The third-order valence-electron chi connectivity index (χ3n) is 5.47. The lowest BCUT2D eigenvalue weighted by atomic mass is 10.00. The van der Waals surface area contributed by atoms with Crippen LogP contribution in [0.25, 0.3) is 10.9 Å². The first-order valence-electron chi connectivity index (χ1n) is 11.1. The van der Waals surface area contributed by atoms with Crippen molar-refractivity contribution in [2.24, 2.45) is 0 Å². The Hall–Kier alpha value is -1.77. The minimum Gasteiger partial charge on any atom is -0.456 e. The number of aromatic nitrogens is 1. The highest BCUT2D eigenvalue weighted by molar-refractivity contribution is 9.10. The molecule has 2 aromatic rings. The molecular weight excluding hydrogens is 486 g/mol. The molecule has 6 nitrogen and oxygen atoms in total. The Morgan fingerprint density at radius 3 is 2.50 bits per heavy atom. The van der Waals surface area contributed by atoms with Crippen LogP contribution in [-0.2, 0) is 22.6 Å². The zero-order valence-electron chi connectivity index (χ0n) is 19.9. The summed E-state index contributed by atoms with van der Waals surface area (Å²) in [6.07, 6.45) is 1.50. The van der Waals surface area contributed by atoms with Gasteiger partial charge in [0, 0.05) is 53.6 Å². The second-order valence-electron chi connectivity index (χ2n) is 10.7. The Kier molecular flexibility index (Phi) is 7.17. The molecule has 1 heterocycles. The van der Waals surface area contributed by atoms with Gasteiger partial charge < -0.3 is 24.9 Å². The minimum atomic E-state index is -1.22. The van der Waals surface area contributed by atoms with Gasteiger partial charge >= 0.3 is 5.97 Å². The van der Waals surface area contributed by atoms with Crippen LogP contribution in [0.2, 0.25) is 25.7 Å². The molecule has 32 heavy (non-hydrogen) atoms. The van der Waals surface area contributed by atoms with E-state index in [1.54, 1.807) is 0 Å². The highest BCUT2D eigenvalue weighted by Crippen LogP contribution is 2.37. The van der Waals surface area contributed by atoms with Gasteiger partial charge in [0.05, 0.1) is 11.1 Å². The van der Waals surface area contributed by atoms with Gasteiger partial charge in [-0.15, -0.1) is 0 Å². The zero-order valence-corrected chi connectivity index (χ0v) is 22.5. The summed E-state index contributed by atoms with van der Waals surface area (Å²) < 4.78 is 14.5. The van der Waals surface area contributed by atoms with Crippen LogP contribution in [0.1, 0.15) is 55.2 Å². The number of hydrogen-bond acceptors (Lipinski definition) is 5. The number of ether oxygens (including phenoxy) is 2. The van der Waals surface area contributed by atoms with Crippen molar-refractivity contribution >= 4 is 52.3 Å². The molecule has 0 bridgehead atoms. The smallest absolute Gasteiger partial charge is 0.340 e. The van der Waals surface area contributed by atoms with E-state index in [1.807, 2.05) is 37.5 Å². The van der Waals surface area contributed by atoms with Crippen molar-refractivity contribution in [2.45, 2.75) is 78.1 Å². The van der Waals surface area contributed by atoms with Crippen LogP contribution in [0.5, 0.6) is 0 Å². The number of benzene rings is 1. The van der Waals surface area contributed by atoms with Crippen LogP contribution >= 0.6 is 15.9 Å². The molecule has 1 aliphatic carbocycles. The van der Waals surface area contributed by atoms with Crippen molar-refractivity contribution in [3.63, 3.8) is 0 Å².